The van der Waals surface area contributed by atoms with Crippen LogP contribution in [0.2, 0.25) is 0 Å². The highest BCUT2D eigenvalue weighted by Gasteiger charge is 1.97. The zero-order valence-corrected chi connectivity index (χ0v) is 10.5. The lowest BCUT2D eigenvalue weighted by atomic mass is 10.2. The third kappa shape index (κ3) is 10.0. The van der Waals surface area contributed by atoms with Crippen LogP contribution in [-0.2, 0) is 0 Å². The minimum absolute atomic E-state index is 0.764. The average Bonchev–Trinajstić information content (AvgIpc) is 2.13. The van der Waals surface area contributed by atoms with Crippen molar-refractivity contribution in [2.24, 2.45) is 5.92 Å². The maximum absolute atomic E-state index is 3.46. The molecule has 2 nitrogen and oxygen atoms in total. The molecule has 0 aliphatic rings. The Kier molecular flexibility index (Phi) is 9.42. The Morgan fingerprint density at radius 2 is 1.86 bits per heavy atom. The smallest absolute Gasteiger partial charge is 0.0104 e. The molecule has 0 rings (SSSR count). The molecule has 0 aromatic rings. The van der Waals surface area contributed by atoms with Gasteiger partial charge in [0.2, 0.25) is 0 Å². The molecule has 0 bridgehead atoms. The first kappa shape index (κ1) is 13.9. The lowest BCUT2D eigenvalue weighted by Gasteiger charge is -2.17. The summed E-state index contributed by atoms with van der Waals surface area (Å²) in [5, 5.41) is 3.46. The van der Waals surface area contributed by atoms with Gasteiger partial charge in [-0.2, -0.15) is 0 Å². The molecule has 0 aromatic carbocycles. The second-order valence-electron chi connectivity index (χ2n) is 4.61. The Balaban J connectivity index is 3.14. The molecule has 1 N–H and O–H groups in total. The number of nitrogens with one attached hydrogen (secondary N) is 1. The zero-order valence-electron chi connectivity index (χ0n) is 10.5. The highest BCUT2D eigenvalue weighted by molar-refractivity contribution is 4.56. The Bertz CT molecular complexity index is 113. The van der Waals surface area contributed by atoms with Crippen molar-refractivity contribution in [1.82, 2.24) is 10.2 Å². The van der Waals surface area contributed by atoms with E-state index in [0.717, 1.165) is 19.0 Å². The maximum Gasteiger partial charge on any atom is 0.0104 e. The van der Waals surface area contributed by atoms with Crippen molar-refractivity contribution in [3.8, 4) is 0 Å². The third-order valence-corrected chi connectivity index (χ3v) is 2.37. The fourth-order valence-electron chi connectivity index (χ4n) is 1.40. The van der Waals surface area contributed by atoms with Gasteiger partial charge in [-0.25, -0.2) is 0 Å². The molecule has 14 heavy (non-hydrogen) atoms. The summed E-state index contributed by atoms with van der Waals surface area (Å²) in [5.74, 6) is 0.764. The second kappa shape index (κ2) is 9.47. The monoisotopic (exact) mass is 200 g/mol. The molecule has 0 aliphatic carbocycles. The van der Waals surface area contributed by atoms with Crippen molar-refractivity contribution in [2.45, 2.75) is 40.0 Å². The molecular weight excluding hydrogens is 172 g/mol. The van der Waals surface area contributed by atoms with Crippen LogP contribution in [0.3, 0.4) is 0 Å². The van der Waals surface area contributed by atoms with Crippen LogP contribution >= 0.6 is 0 Å². The second-order valence-corrected chi connectivity index (χ2v) is 4.61. The fourth-order valence-corrected chi connectivity index (χ4v) is 1.40. The van der Waals surface area contributed by atoms with E-state index in [-0.39, 0.29) is 0 Å². The van der Waals surface area contributed by atoms with E-state index in [1.54, 1.807) is 0 Å². The van der Waals surface area contributed by atoms with Gasteiger partial charge in [0, 0.05) is 13.1 Å². The van der Waals surface area contributed by atoms with Crippen LogP contribution in [0.4, 0.5) is 0 Å². The van der Waals surface area contributed by atoms with Gasteiger partial charge in [-0.05, 0) is 32.5 Å². The summed E-state index contributed by atoms with van der Waals surface area (Å²) in [6.45, 7) is 11.4. The minimum Gasteiger partial charge on any atom is -0.315 e. The number of likely N-dealkylation sites (N-methyl/N-ethyl adjacent to an activating group) is 1. The molecule has 0 unspecified atom stereocenters. The molecule has 86 valence electrons. The normalized spacial score (nSPS) is 11.6. The summed E-state index contributed by atoms with van der Waals surface area (Å²) >= 11 is 0. The standard InChI is InChI=1S/C12H28N2/c1-5-6-7-9-14(4)10-8-13-11-12(2)3/h12-13H,5-11H2,1-4H3. The van der Waals surface area contributed by atoms with Crippen LogP contribution < -0.4 is 5.32 Å². The van der Waals surface area contributed by atoms with E-state index in [2.05, 4.69) is 38.0 Å². The van der Waals surface area contributed by atoms with Gasteiger partial charge in [-0.1, -0.05) is 33.6 Å². The first-order valence-corrected chi connectivity index (χ1v) is 6.06. The predicted octanol–water partition coefficient (Wildman–Crippen LogP) is 2.35. The summed E-state index contributed by atoms with van der Waals surface area (Å²) in [6.07, 6.45) is 4.03. The summed E-state index contributed by atoms with van der Waals surface area (Å²) in [7, 11) is 2.21. The maximum atomic E-state index is 3.46. The van der Waals surface area contributed by atoms with Gasteiger partial charge < -0.3 is 10.2 Å². The number of unbranched alkanes of at least 4 members (excludes halogenated alkanes) is 2. The first-order chi connectivity index (χ1) is 6.66. The number of hydrogen-bond acceptors (Lipinski definition) is 2. The van der Waals surface area contributed by atoms with Crippen LogP contribution in [0.1, 0.15) is 40.0 Å². The van der Waals surface area contributed by atoms with E-state index in [1.165, 1.54) is 32.4 Å². The van der Waals surface area contributed by atoms with Gasteiger partial charge in [-0.3, -0.25) is 0 Å². The van der Waals surface area contributed by atoms with E-state index in [0.29, 0.717) is 0 Å². The molecule has 0 atom stereocenters. The van der Waals surface area contributed by atoms with E-state index in [4.69, 9.17) is 0 Å². The Labute approximate surface area is 90.1 Å². The van der Waals surface area contributed by atoms with Gasteiger partial charge in [0.15, 0.2) is 0 Å². The third-order valence-electron chi connectivity index (χ3n) is 2.37. The minimum atomic E-state index is 0.764. The first-order valence-electron chi connectivity index (χ1n) is 6.06. The van der Waals surface area contributed by atoms with Gasteiger partial charge in [0.25, 0.3) is 0 Å². The molecule has 0 spiro atoms. The van der Waals surface area contributed by atoms with E-state index < -0.39 is 0 Å². The van der Waals surface area contributed by atoms with Crippen molar-refractivity contribution in [3.05, 3.63) is 0 Å². The summed E-state index contributed by atoms with van der Waals surface area (Å²) in [5.41, 5.74) is 0. The van der Waals surface area contributed by atoms with E-state index in [1.807, 2.05) is 0 Å². The van der Waals surface area contributed by atoms with E-state index >= 15 is 0 Å². The number of rotatable bonds is 9. The van der Waals surface area contributed by atoms with Gasteiger partial charge >= 0.3 is 0 Å². The molecule has 0 aliphatic heterocycles. The Hall–Kier alpha value is -0.0800. The molecule has 0 heterocycles. The van der Waals surface area contributed by atoms with Crippen LogP contribution in [0.15, 0.2) is 0 Å². The molecule has 0 fully saturated rings. The topological polar surface area (TPSA) is 15.3 Å². The van der Waals surface area contributed by atoms with Crippen molar-refractivity contribution in [2.75, 3.05) is 33.2 Å². The zero-order chi connectivity index (χ0) is 10.8. The van der Waals surface area contributed by atoms with Crippen LogP contribution in [0.25, 0.3) is 0 Å². The fraction of sp³-hybridized carbons (Fsp3) is 1.00. The largest absolute Gasteiger partial charge is 0.315 e. The lowest BCUT2D eigenvalue weighted by molar-refractivity contribution is 0.320. The van der Waals surface area contributed by atoms with Gasteiger partial charge in [0.1, 0.15) is 0 Å². The molecule has 0 radical (unpaired) electrons. The Morgan fingerprint density at radius 3 is 2.43 bits per heavy atom. The predicted molar refractivity (Wildman–Crippen MR) is 64.7 cm³/mol. The SMILES string of the molecule is CCCCCN(C)CCNCC(C)C. The summed E-state index contributed by atoms with van der Waals surface area (Å²) in [6, 6.07) is 0. The average molecular weight is 200 g/mol. The number of nitrogens with zero attached hydrogens (tertiary/aromatic N) is 1. The molecule has 0 saturated heterocycles. The quantitative estimate of drug-likeness (QED) is 0.575. The van der Waals surface area contributed by atoms with Crippen LogP contribution in [0.5, 0.6) is 0 Å². The molecule has 0 amide bonds. The van der Waals surface area contributed by atoms with Gasteiger partial charge in [-0.15, -0.1) is 0 Å². The highest BCUT2D eigenvalue weighted by atomic mass is 15.1. The number of hydrogen-bond donors (Lipinski definition) is 1. The summed E-state index contributed by atoms with van der Waals surface area (Å²) < 4.78 is 0. The Morgan fingerprint density at radius 1 is 1.14 bits per heavy atom. The van der Waals surface area contributed by atoms with Crippen LogP contribution in [0, 0.1) is 5.92 Å². The van der Waals surface area contributed by atoms with E-state index in [9.17, 15) is 0 Å². The molecule has 2 heteroatoms. The van der Waals surface area contributed by atoms with Crippen molar-refractivity contribution < 1.29 is 0 Å². The molecule has 0 saturated carbocycles. The highest BCUT2D eigenvalue weighted by Crippen LogP contribution is 1.95. The lowest BCUT2D eigenvalue weighted by Crippen LogP contribution is -2.31. The van der Waals surface area contributed by atoms with Crippen molar-refractivity contribution >= 4 is 0 Å². The molecule has 0 aromatic heterocycles. The molecular formula is C12H28N2. The van der Waals surface area contributed by atoms with Gasteiger partial charge in [0.05, 0.1) is 0 Å². The van der Waals surface area contributed by atoms with Crippen molar-refractivity contribution in [1.29, 1.82) is 0 Å². The van der Waals surface area contributed by atoms with Crippen molar-refractivity contribution in [3.63, 3.8) is 0 Å². The summed E-state index contributed by atoms with van der Waals surface area (Å²) in [4.78, 5) is 2.42. The van der Waals surface area contributed by atoms with Crippen LogP contribution in [-0.4, -0.2) is 38.1 Å².